The van der Waals surface area contributed by atoms with Gasteiger partial charge in [0.15, 0.2) is 0 Å². The van der Waals surface area contributed by atoms with E-state index >= 15 is 0 Å². The number of carbonyl (C=O) groups excluding carboxylic acids is 4. The molecule has 114 valence electrons. The average molecular weight is 302 g/mol. The molecule has 0 aromatic heterocycles. The second kappa shape index (κ2) is 3.29. The molecule has 6 rings (SSSR count). The number of ether oxygens (including phenoxy) is 2. The average Bonchev–Trinajstić information content (AvgIpc) is 3.21. The van der Waals surface area contributed by atoms with E-state index in [0.29, 0.717) is 0 Å². The lowest BCUT2D eigenvalue weighted by Crippen LogP contribution is -2.45. The van der Waals surface area contributed by atoms with Gasteiger partial charge in [0.1, 0.15) is 0 Å². The van der Waals surface area contributed by atoms with Gasteiger partial charge in [0.2, 0.25) is 0 Å². The topological polar surface area (TPSA) is 86.7 Å². The predicted molar refractivity (Wildman–Crippen MR) is 66.3 cm³/mol. The molecule has 6 nitrogen and oxygen atoms in total. The fraction of sp³-hybridized carbons (Fsp3) is 0.750. The predicted octanol–water partition coefficient (Wildman–Crippen LogP) is 0.150. The molecule has 2 heterocycles. The van der Waals surface area contributed by atoms with Crippen LogP contribution >= 0.6 is 0 Å². The molecule has 0 amide bonds. The highest BCUT2D eigenvalue weighted by Crippen LogP contribution is 2.74. The molecule has 2 aliphatic heterocycles. The quantitative estimate of drug-likeness (QED) is 0.360. The molecule has 4 aliphatic carbocycles. The number of carbonyl (C=O) groups is 4. The summed E-state index contributed by atoms with van der Waals surface area (Å²) < 4.78 is 9.73. The van der Waals surface area contributed by atoms with Gasteiger partial charge in [0.05, 0.1) is 23.7 Å². The summed E-state index contributed by atoms with van der Waals surface area (Å²) in [5.41, 5.74) is 0. The number of cyclic esters (lactones) is 4. The minimum absolute atomic E-state index is 0.151. The van der Waals surface area contributed by atoms with E-state index in [-0.39, 0.29) is 83.1 Å². The molecule has 10 atom stereocenters. The third-order valence-corrected chi connectivity index (χ3v) is 7.62. The van der Waals surface area contributed by atoms with Crippen LogP contribution in [0.25, 0.3) is 0 Å². The Labute approximate surface area is 125 Å². The van der Waals surface area contributed by atoms with Crippen LogP contribution in [0.3, 0.4) is 0 Å². The minimum atomic E-state index is -0.370. The van der Waals surface area contributed by atoms with Crippen molar-refractivity contribution in [1.29, 1.82) is 0 Å². The van der Waals surface area contributed by atoms with Gasteiger partial charge in [-0.05, 0) is 48.3 Å². The van der Waals surface area contributed by atoms with Gasteiger partial charge in [-0.2, -0.15) is 0 Å². The Hall–Kier alpha value is -1.72. The Kier molecular flexibility index (Phi) is 1.76. The first kappa shape index (κ1) is 11.8. The van der Waals surface area contributed by atoms with Gasteiger partial charge in [-0.3, -0.25) is 19.2 Å². The molecule has 0 radical (unpaired) electrons. The van der Waals surface area contributed by atoms with Crippen LogP contribution in [-0.4, -0.2) is 23.9 Å². The Morgan fingerprint density at radius 1 is 0.545 bits per heavy atom. The lowest BCUT2D eigenvalue weighted by atomic mass is 9.59. The highest BCUT2D eigenvalue weighted by molar-refractivity contribution is 5.99. The molecule has 4 saturated carbocycles. The monoisotopic (exact) mass is 302 g/mol. The fourth-order valence-corrected chi connectivity index (χ4v) is 7.40. The summed E-state index contributed by atoms with van der Waals surface area (Å²) in [7, 11) is 0. The largest absolute Gasteiger partial charge is 0.393 e. The zero-order chi connectivity index (χ0) is 14.9. The molecule has 4 bridgehead atoms. The molecule has 22 heavy (non-hydrogen) atoms. The summed E-state index contributed by atoms with van der Waals surface area (Å²) in [4.78, 5) is 48.0. The number of rotatable bonds is 0. The van der Waals surface area contributed by atoms with Crippen LogP contribution in [0.2, 0.25) is 0 Å². The second-order valence-electron chi connectivity index (χ2n) is 7.86. The van der Waals surface area contributed by atoms with Gasteiger partial charge in [0.25, 0.3) is 0 Å². The zero-order valence-electron chi connectivity index (χ0n) is 11.6. The number of hydrogen-bond donors (Lipinski definition) is 0. The van der Waals surface area contributed by atoms with Crippen molar-refractivity contribution in [1.82, 2.24) is 0 Å². The van der Waals surface area contributed by atoms with Crippen molar-refractivity contribution in [2.24, 2.45) is 59.2 Å². The van der Waals surface area contributed by atoms with Crippen LogP contribution in [-0.2, 0) is 28.7 Å². The van der Waals surface area contributed by atoms with E-state index in [1.165, 1.54) is 0 Å². The van der Waals surface area contributed by atoms with E-state index in [9.17, 15) is 19.2 Å². The van der Waals surface area contributed by atoms with Crippen LogP contribution in [0.1, 0.15) is 12.8 Å². The Bertz CT molecular complexity index is 572. The van der Waals surface area contributed by atoms with Crippen molar-refractivity contribution >= 4 is 23.9 Å². The van der Waals surface area contributed by atoms with Crippen molar-refractivity contribution in [2.75, 3.05) is 0 Å². The van der Waals surface area contributed by atoms with Gasteiger partial charge in [-0.15, -0.1) is 0 Å². The summed E-state index contributed by atoms with van der Waals surface area (Å²) in [5, 5.41) is 0. The smallest absolute Gasteiger partial charge is 0.317 e. The fourth-order valence-electron chi connectivity index (χ4n) is 7.40. The summed E-state index contributed by atoms with van der Waals surface area (Å²) in [6, 6.07) is 0. The van der Waals surface area contributed by atoms with Crippen molar-refractivity contribution in [2.45, 2.75) is 12.8 Å². The van der Waals surface area contributed by atoms with Gasteiger partial charge < -0.3 is 9.47 Å². The van der Waals surface area contributed by atoms with Crippen LogP contribution in [0.5, 0.6) is 0 Å². The standard InChI is InChI=1S/C16H14O6/c17-13-9-3-1-4(10(9)14(18)21-13)8-6-2-5(7(3)8)11-12(6)16(20)22-15(11)19/h3-12H,1-2H2/t3-,4+,5+,6-,7?,8?,9-,10+,11+,12-. The molecule has 0 spiro atoms. The van der Waals surface area contributed by atoms with E-state index < -0.39 is 0 Å². The molecule has 0 aromatic rings. The molecule has 0 N–H and O–H groups in total. The molecule has 6 fully saturated rings. The van der Waals surface area contributed by atoms with Crippen LogP contribution in [0.4, 0.5) is 0 Å². The van der Waals surface area contributed by atoms with Crippen molar-refractivity contribution < 1.29 is 28.7 Å². The normalized spacial score (nSPS) is 59.6. The third kappa shape index (κ3) is 0.989. The van der Waals surface area contributed by atoms with Crippen LogP contribution < -0.4 is 0 Å². The first-order valence-electron chi connectivity index (χ1n) is 8.09. The third-order valence-electron chi connectivity index (χ3n) is 7.62. The summed E-state index contributed by atoms with van der Waals surface area (Å²) in [6.45, 7) is 0. The maximum absolute atomic E-state index is 12.0. The first-order chi connectivity index (χ1) is 10.6. The molecular weight excluding hydrogens is 288 g/mol. The van der Waals surface area contributed by atoms with E-state index in [0.717, 1.165) is 12.8 Å². The van der Waals surface area contributed by atoms with Gasteiger partial charge in [-0.25, -0.2) is 0 Å². The summed E-state index contributed by atoms with van der Waals surface area (Å²) in [6.07, 6.45) is 1.75. The van der Waals surface area contributed by atoms with Crippen molar-refractivity contribution in [3.05, 3.63) is 0 Å². The van der Waals surface area contributed by atoms with Crippen molar-refractivity contribution in [3.8, 4) is 0 Å². The Morgan fingerprint density at radius 3 is 1.09 bits per heavy atom. The summed E-state index contributed by atoms with van der Waals surface area (Å²) in [5.74, 6) is -1.51. The minimum Gasteiger partial charge on any atom is -0.393 e. The molecule has 6 aliphatic rings. The van der Waals surface area contributed by atoms with Crippen molar-refractivity contribution in [3.63, 3.8) is 0 Å². The maximum atomic E-state index is 12.0. The first-order valence-corrected chi connectivity index (χ1v) is 8.09. The van der Waals surface area contributed by atoms with E-state index in [4.69, 9.17) is 9.47 Å². The lowest BCUT2D eigenvalue weighted by molar-refractivity contribution is -0.156. The van der Waals surface area contributed by atoms with E-state index in [1.807, 2.05) is 0 Å². The number of fused-ring (bicyclic) bond motifs is 15. The van der Waals surface area contributed by atoms with Crippen LogP contribution in [0, 0.1) is 59.2 Å². The van der Waals surface area contributed by atoms with Gasteiger partial charge >= 0.3 is 23.9 Å². The summed E-state index contributed by atoms with van der Waals surface area (Å²) >= 11 is 0. The number of hydrogen-bond acceptors (Lipinski definition) is 6. The van der Waals surface area contributed by atoms with E-state index in [1.54, 1.807) is 0 Å². The maximum Gasteiger partial charge on any atom is 0.317 e. The Balaban J connectivity index is 1.46. The highest BCUT2D eigenvalue weighted by atomic mass is 16.6. The van der Waals surface area contributed by atoms with E-state index in [2.05, 4.69) is 0 Å². The van der Waals surface area contributed by atoms with Gasteiger partial charge in [0, 0.05) is 0 Å². The van der Waals surface area contributed by atoms with Gasteiger partial charge in [-0.1, -0.05) is 0 Å². The lowest BCUT2D eigenvalue weighted by Gasteiger charge is -2.40. The molecular formula is C16H14O6. The molecule has 2 unspecified atom stereocenters. The zero-order valence-corrected chi connectivity index (χ0v) is 11.6. The second-order valence-corrected chi connectivity index (χ2v) is 7.86. The highest BCUT2D eigenvalue weighted by Gasteiger charge is 2.77. The van der Waals surface area contributed by atoms with Crippen LogP contribution in [0.15, 0.2) is 0 Å². The SMILES string of the molecule is O=C1OC(=O)[C@H]2[C@@H]1[C@H]1C[C@@H]2C2C1[C@H]1C[C@@H]2[C@@H]2C(=O)OC(=O)[C@@H]21. The number of esters is 4. The molecule has 6 heteroatoms. The molecule has 2 saturated heterocycles. The Morgan fingerprint density at radius 2 is 0.818 bits per heavy atom. The molecule has 0 aromatic carbocycles.